The van der Waals surface area contributed by atoms with Gasteiger partial charge in [-0.1, -0.05) is 30.3 Å². The minimum Gasteiger partial charge on any atom is -0.496 e. The van der Waals surface area contributed by atoms with E-state index in [0.29, 0.717) is 24.3 Å². The lowest BCUT2D eigenvalue weighted by Gasteiger charge is -2.31. The summed E-state index contributed by atoms with van der Waals surface area (Å²) in [5, 5.41) is 0. The summed E-state index contributed by atoms with van der Waals surface area (Å²) >= 11 is 0. The number of ether oxygens (including phenoxy) is 4. The fraction of sp³-hybridized carbons (Fsp3) is 0.240. The zero-order chi connectivity index (χ0) is 22.0. The molecule has 1 aliphatic heterocycles. The molecule has 31 heavy (non-hydrogen) atoms. The van der Waals surface area contributed by atoms with Crippen molar-refractivity contribution in [3.8, 4) is 34.1 Å². The highest BCUT2D eigenvalue weighted by Gasteiger charge is 2.30. The minimum atomic E-state index is -0.358. The number of methoxy groups -OCH3 is 3. The van der Waals surface area contributed by atoms with Gasteiger partial charge in [-0.15, -0.1) is 0 Å². The number of nitrogens with two attached hydrogens (primary N) is 1. The van der Waals surface area contributed by atoms with E-state index in [-0.39, 0.29) is 12.0 Å². The largest absolute Gasteiger partial charge is 0.496 e. The molecule has 6 nitrogen and oxygen atoms in total. The molecule has 4 rings (SSSR count). The Bertz CT molecular complexity index is 1120. The van der Waals surface area contributed by atoms with Gasteiger partial charge in [0.05, 0.1) is 26.9 Å². The molecule has 3 aromatic rings. The zero-order valence-electron chi connectivity index (χ0n) is 17.8. The molecule has 0 bridgehead atoms. The minimum absolute atomic E-state index is 0.292. The van der Waals surface area contributed by atoms with Crippen molar-refractivity contribution in [2.45, 2.75) is 18.9 Å². The molecule has 3 aromatic carbocycles. The molecule has 0 aromatic heterocycles. The molecule has 2 N–H and O–H groups in total. The summed E-state index contributed by atoms with van der Waals surface area (Å²) < 4.78 is 23.0. The molecule has 0 fully saturated rings. The number of aryl methyl sites for hydroxylation is 1. The van der Waals surface area contributed by atoms with Crippen LogP contribution in [0.2, 0.25) is 0 Å². The quantitative estimate of drug-likeness (QED) is 0.618. The van der Waals surface area contributed by atoms with E-state index in [0.717, 1.165) is 39.3 Å². The number of benzene rings is 3. The third kappa shape index (κ3) is 3.89. The predicted molar refractivity (Wildman–Crippen MR) is 118 cm³/mol. The maximum Gasteiger partial charge on any atom is 0.217 e. The number of primary amides is 1. The summed E-state index contributed by atoms with van der Waals surface area (Å²) in [7, 11) is 4.87. The highest BCUT2D eigenvalue weighted by Crippen LogP contribution is 2.49. The van der Waals surface area contributed by atoms with Crippen LogP contribution in [0.1, 0.15) is 29.2 Å². The van der Waals surface area contributed by atoms with Gasteiger partial charge in [0.1, 0.15) is 17.6 Å². The lowest BCUT2D eigenvalue weighted by Crippen LogP contribution is -2.17. The molecule has 0 saturated carbocycles. The number of hydrogen-bond acceptors (Lipinski definition) is 5. The van der Waals surface area contributed by atoms with Crippen LogP contribution in [0.25, 0.3) is 11.1 Å². The molecule has 0 spiro atoms. The number of hydrogen-bond donors (Lipinski definition) is 1. The normalized spacial score (nSPS) is 14.1. The van der Waals surface area contributed by atoms with Gasteiger partial charge in [0, 0.05) is 17.5 Å². The maximum absolute atomic E-state index is 11.3. The van der Waals surface area contributed by atoms with Crippen LogP contribution in [-0.4, -0.2) is 27.2 Å². The van der Waals surface area contributed by atoms with Crippen molar-refractivity contribution in [3.05, 3.63) is 71.3 Å². The van der Waals surface area contributed by atoms with E-state index in [1.165, 1.54) is 0 Å². The summed E-state index contributed by atoms with van der Waals surface area (Å²) in [6.07, 6.45) is 0.503. The van der Waals surface area contributed by atoms with Crippen LogP contribution >= 0.6 is 0 Å². The van der Waals surface area contributed by atoms with Crippen LogP contribution in [0.5, 0.6) is 23.0 Å². The van der Waals surface area contributed by atoms with Gasteiger partial charge in [-0.05, 0) is 41.8 Å². The molecule has 1 aliphatic rings. The molecule has 0 saturated heterocycles. The Labute approximate surface area is 181 Å². The summed E-state index contributed by atoms with van der Waals surface area (Å²) in [4.78, 5) is 11.3. The van der Waals surface area contributed by atoms with Crippen LogP contribution in [0, 0.1) is 0 Å². The van der Waals surface area contributed by atoms with E-state index in [1.54, 1.807) is 21.3 Å². The number of fused-ring (bicyclic) bond motifs is 3. The Morgan fingerprint density at radius 3 is 2.42 bits per heavy atom. The fourth-order valence-electron chi connectivity index (χ4n) is 3.98. The van der Waals surface area contributed by atoms with E-state index < -0.39 is 0 Å². The summed E-state index contributed by atoms with van der Waals surface area (Å²) in [5.41, 5.74) is 10.2. The number of carbonyl (C=O) groups excluding carboxylic acids is 1. The second-order valence-corrected chi connectivity index (χ2v) is 7.33. The number of rotatable bonds is 7. The average molecular weight is 419 g/mol. The summed E-state index contributed by atoms with van der Waals surface area (Å²) in [5.74, 6) is 2.45. The van der Waals surface area contributed by atoms with Crippen LogP contribution in [0.3, 0.4) is 0 Å². The van der Waals surface area contributed by atoms with Gasteiger partial charge >= 0.3 is 0 Å². The van der Waals surface area contributed by atoms with Crippen LogP contribution < -0.4 is 24.7 Å². The summed E-state index contributed by atoms with van der Waals surface area (Å²) in [6.45, 7) is 0. The van der Waals surface area contributed by atoms with Crippen LogP contribution in [0.15, 0.2) is 54.6 Å². The predicted octanol–water partition coefficient (Wildman–Crippen LogP) is 4.28. The first-order valence-electron chi connectivity index (χ1n) is 10.0. The standard InChI is InChI=1S/C25H25NO5/c1-28-19-11-9-16(14-22(19)30-3)25-18-13-15(8-12-23(26)27)7-10-17(18)24-20(29-2)5-4-6-21(24)31-25/h4-7,9-11,13-14,25H,8,12H2,1-3H3,(H2,26,27). The molecular weight excluding hydrogens is 394 g/mol. The Kier molecular flexibility index (Phi) is 5.71. The van der Waals surface area contributed by atoms with Crippen LogP contribution in [-0.2, 0) is 11.2 Å². The highest BCUT2D eigenvalue weighted by atomic mass is 16.5. The van der Waals surface area contributed by atoms with Crippen molar-refractivity contribution in [2.24, 2.45) is 5.73 Å². The smallest absolute Gasteiger partial charge is 0.217 e. The first-order valence-corrected chi connectivity index (χ1v) is 10.0. The van der Waals surface area contributed by atoms with Crippen LogP contribution in [0.4, 0.5) is 0 Å². The zero-order valence-corrected chi connectivity index (χ0v) is 17.8. The summed E-state index contributed by atoms with van der Waals surface area (Å²) in [6, 6.07) is 17.7. The van der Waals surface area contributed by atoms with Crippen molar-refractivity contribution >= 4 is 5.91 Å². The van der Waals surface area contributed by atoms with Gasteiger partial charge in [-0.2, -0.15) is 0 Å². The molecule has 6 heteroatoms. The van der Waals surface area contributed by atoms with E-state index in [4.69, 9.17) is 24.7 Å². The first kappa shape index (κ1) is 20.6. The molecule has 1 atom stereocenters. The highest BCUT2D eigenvalue weighted by molar-refractivity contribution is 5.82. The molecule has 0 aliphatic carbocycles. The number of carbonyl (C=O) groups is 1. The monoisotopic (exact) mass is 419 g/mol. The fourth-order valence-corrected chi connectivity index (χ4v) is 3.98. The van der Waals surface area contributed by atoms with E-state index in [9.17, 15) is 4.79 Å². The van der Waals surface area contributed by atoms with Gasteiger partial charge in [0.2, 0.25) is 5.91 Å². The second-order valence-electron chi connectivity index (χ2n) is 7.33. The molecular formula is C25H25NO5. The van der Waals surface area contributed by atoms with Gasteiger partial charge in [0.25, 0.3) is 0 Å². The Hall–Kier alpha value is -3.67. The Balaban J connectivity index is 1.86. The first-order chi connectivity index (χ1) is 15.0. The van der Waals surface area contributed by atoms with Crippen molar-refractivity contribution in [2.75, 3.05) is 21.3 Å². The molecule has 1 amide bonds. The van der Waals surface area contributed by atoms with E-state index >= 15 is 0 Å². The lowest BCUT2D eigenvalue weighted by atomic mass is 9.87. The maximum atomic E-state index is 11.3. The molecule has 0 radical (unpaired) electrons. The van der Waals surface area contributed by atoms with E-state index in [2.05, 4.69) is 12.1 Å². The van der Waals surface area contributed by atoms with Gasteiger partial charge < -0.3 is 24.7 Å². The third-order valence-electron chi connectivity index (χ3n) is 5.49. The lowest BCUT2D eigenvalue weighted by molar-refractivity contribution is -0.117. The Morgan fingerprint density at radius 1 is 0.935 bits per heavy atom. The van der Waals surface area contributed by atoms with Gasteiger partial charge in [-0.3, -0.25) is 4.79 Å². The van der Waals surface area contributed by atoms with E-state index in [1.807, 2.05) is 42.5 Å². The SMILES string of the molecule is COc1ccc(C2Oc3cccc(OC)c3-c3ccc(CCC(N)=O)cc32)cc1OC. The van der Waals surface area contributed by atoms with Crippen molar-refractivity contribution in [3.63, 3.8) is 0 Å². The topological polar surface area (TPSA) is 80.0 Å². The molecule has 1 heterocycles. The average Bonchev–Trinajstić information content (AvgIpc) is 2.80. The van der Waals surface area contributed by atoms with Crippen molar-refractivity contribution in [1.82, 2.24) is 0 Å². The number of amides is 1. The molecule has 160 valence electrons. The van der Waals surface area contributed by atoms with Crippen molar-refractivity contribution in [1.29, 1.82) is 0 Å². The van der Waals surface area contributed by atoms with Crippen molar-refractivity contribution < 1.29 is 23.7 Å². The molecule has 1 unspecified atom stereocenters. The van der Waals surface area contributed by atoms with Gasteiger partial charge in [-0.25, -0.2) is 0 Å². The Morgan fingerprint density at radius 2 is 1.71 bits per heavy atom. The van der Waals surface area contributed by atoms with Gasteiger partial charge in [0.15, 0.2) is 11.5 Å². The third-order valence-corrected chi connectivity index (χ3v) is 5.49. The second kappa shape index (κ2) is 8.60.